The molecule has 1 rings (SSSR count). The topological polar surface area (TPSA) is 56.0 Å². The molecule has 0 spiro atoms. The highest BCUT2D eigenvalue weighted by molar-refractivity contribution is 5.17. The molecule has 0 heterocycles. The first kappa shape index (κ1) is 12.7. The maximum atomic E-state index is 9.89. The number of rotatable bonds is 6. The minimum atomic E-state index is -0.506. The molecule has 3 heteroatoms. The summed E-state index contributed by atoms with van der Waals surface area (Å²) in [6, 6.07) is 11.8. The molecule has 0 aromatic heterocycles. The molecule has 0 saturated carbocycles. The van der Waals surface area contributed by atoms with Gasteiger partial charge in [-0.15, -0.1) is 0 Å². The lowest BCUT2D eigenvalue weighted by Gasteiger charge is -2.17. The standard InChI is InChI=1S/C13H18N2O/c1-2-12(8-9-14)15-10-13(16)11-6-4-3-5-7-11/h3-7,12-13,15-16H,2,8,10H2,1H3. The van der Waals surface area contributed by atoms with Gasteiger partial charge in [0, 0.05) is 12.6 Å². The number of aliphatic hydroxyl groups is 1. The van der Waals surface area contributed by atoms with Gasteiger partial charge in [0.15, 0.2) is 0 Å². The van der Waals surface area contributed by atoms with Crippen LogP contribution in [0.2, 0.25) is 0 Å². The van der Waals surface area contributed by atoms with Crippen LogP contribution in [0.1, 0.15) is 31.4 Å². The maximum Gasteiger partial charge on any atom is 0.0914 e. The average molecular weight is 218 g/mol. The first-order valence-electron chi connectivity index (χ1n) is 5.61. The quantitative estimate of drug-likeness (QED) is 0.768. The molecule has 0 fully saturated rings. The second-order valence-corrected chi connectivity index (χ2v) is 3.80. The van der Waals surface area contributed by atoms with Crippen molar-refractivity contribution < 1.29 is 5.11 Å². The van der Waals surface area contributed by atoms with E-state index >= 15 is 0 Å². The third kappa shape index (κ3) is 4.01. The molecule has 2 unspecified atom stereocenters. The number of nitriles is 1. The van der Waals surface area contributed by atoms with E-state index in [0.717, 1.165) is 12.0 Å². The zero-order valence-corrected chi connectivity index (χ0v) is 9.56. The van der Waals surface area contributed by atoms with Crippen molar-refractivity contribution in [2.75, 3.05) is 6.54 Å². The Hall–Kier alpha value is -1.37. The lowest BCUT2D eigenvalue weighted by molar-refractivity contribution is 0.169. The molecular weight excluding hydrogens is 200 g/mol. The average Bonchev–Trinajstić information content (AvgIpc) is 2.35. The molecule has 16 heavy (non-hydrogen) atoms. The number of hydrogen-bond donors (Lipinski definition) is 2. The molecule has 0 aliphatic carbocycles. The normalized spacial score (nSPS) is 14.1. The van der Waals surface area contributed by atoms with Crippen LogP contribution in [0, 0.1) is 11.3 Å². The fourth-order valence-electron chi connectivity index (χ4n) is 1.54. The van der Waals surface area contributed by atoms with Crippen LogP contribution in [0.5, 0.6) is 0 Å². The van der Waals surface area contributed by atoms with Gasteiger partial charge in [-0.3, -0.25) is 0 Å². The maximum absolute atomic E-state index is 9.89. The van der Waals surface area contributed by atoms with Gasteiger partial charge in [-0.1, -0.05) is 37.3 Å². The molecule has 0 radical (unpaired) electrons. The van der Waals surface area contributed by atoms with Crippen molar-refractivity contribution in [1.29, 1.82) is 5.26 Å². The van der Waals surface area contributed by atoms with Crippen LogP contribution in [0.15, 0.2) is 30.3 Å². The zero-order valence-electron chi connectivity index (χ0n) is 9.56. The Morgan fingerprint density at radius 2 is 2.06 bits per heavy atom. The minimum absolute atomic E-state index is 0.170. The van der Waals surface area contributed by atoms with Gasteiger partial charge in [0.25, 0.3) is 0 Å². The summed E-state index contributed by atoms with van der Waals surface area (Å²) >= 11 is 0. The third-order valence-corrected chi connectivity index (χ3v) is 2.61. The number of nitrogens with one attached hydrogen (secondary N) is 1. The molecule has 2 N–H and O–H groups in total. The molecule has 86 valence electrons. The van der Waals surface area contributed by atoms with Crippen molar-refractivity contribution in [3.8, 4) is 6.07 Å². The first-order valence-corrected chi connectivity index (χ1v) is 5.61. The highest BCUT2D eigenvalue weighted by Gasteiger charge is 2.10. The second-order valence-electron chi connectivity index (χ2n) is 3.80. The van der Waals surface area contributed by atoms with Gasteiger partial charge in [-0.25, -0.2) is 0 Å². The van der Waals surface area contributed by atoms with Crippen LogP contribution in [0.25, 0.3) is 0 Å². The predicted molar refractivity (Wildman–Crippen MR) is 63.7 cm³/mol. The molecule has 2 atom stereocenters. The highest BCUT2D eigenvalue weighted by Crippen LogP contribution is 2.11. The summed E-state index contributed by atoms with van der Waals surface area (Å²) in [6.45, 7) is 2.52. The smallest absolute Gasteiger partial charge is 0.0914 e. The highest BCUT2D eigenvalue weighted by atomic mass is 16.3. The van der Waals surface area contributed by atoms with E-state index in [-0.39, 0.29) is 6.04 Å². The molecule has 0 aliphatic heterocycles. The van der Waals surface area contributed by atoms with Gasteiger partial charge in [-0.2, -0.15) is 5.26 Å². The van der Waals surface area contributed by atoms with Gasteiger partial charge in [0.05, 0.1) is 18.6 Å². The SMILES string of the molecule is CCC(CC#N)NCC(O)c1ccccc1. The van der Waals surface area contributed by atoms with Crippen LogP contribution in [-0.2, 0) is 0 Å². The van der Waals surface area contributed by atoms with Crippen molar-refractivity contribution in [3.63, 3.8) is 0 Å². The van der Waals surface area contributed by atoms with Gasteiger partial charge < -0.3 is 10.4 Å². The van der Waals surface area contributed by atoms with Crippen LogP contribution in [-0.4, -0.2) is 17.7 Å². The summed E-state index contributed by atoms with van der Waals surface area (Å²) in [6.07, 6.45) is 0.876. The fraction of sp³-hybridized carbons (Fsp3) is 0.462. The van der Waals surface area contributed by atoms with E-state index in [0.29, 0.717) is 13.0 Å². The third-order valence-electron chi connectivity index (χ3n) is 2.61. The van der Waals surface area contributed by atoms with E-state index in [4.69, 9.17) is 5.26 Å². The van der Waals surface area contributed by atoms with Crippen LogP contribution in [0.4, 0.5) is 0 Å². The lowest BCUT2D eigenvalue weighted by Crippen LogP contribution is -2.31. The fourth-order valence-corrected chi connectivity index (χ4v) is 1.54. The Morgan fingerprint density at radius 3 is 2.62 bits per heavy atom. The molecule has 0 saturated heterocycles. The van der Waals surface area contributed by atoms with E-state index < -0.39 is 6.10 Å². The van der Waals surface area contributed by atoms with Crippen LogP contribution < -0.4 is 5.32 Å². The summed E-state index contributed by atoms with van der Waals surface area (Å²) in [5, 5.41) is 21.7. The van der Waals surface area contributed by atoms with Crippen molar-refractivity contribution >= 4 is 0 Å². The Balaban J connectivity index is 2.41. The number of nitrogens with zero attached hydrogens (tertiary/aromatic N) is 1. The van der Waals surface area contributed by atoms with Crippen LogP contribution >= 0.6 is 0 Å². The number of benzene rings is 1. The van der Waals surface area contributed by atoms with E-state index in [1.165, 1.54) is 0 Å². The van der Waals surface area contributed by atoms with E-state index in [2.05, 4.69) is 11.4 Å². The summed E-state index contributed by atoms with van der Waals surface area (Å²) in [5.41, 5.74) is 0.904. The van der Waals surface area contributed by atoms with Crippen molar-refractivity contribution in [1.82, 2.24) is 5.32 Å². The molecule has 3 nitrogen and oxygen atoms in total. The van der Waals surface area contributed by atoms with Gasteiger partial charge in [0.1, 0.15) is 0 Å². The molecule has 0 bridgehead atoms. The van der Waals surface area contributed by atoms with Crippen molar-refractivity contribution in [3.05, 3.63) is 35.9 Å². The molecule has 1 aromatic rings. The van der Waals surface area contributed by atoms with Crippen molar-refractivity contribution in [2.24, 2.45) is 0 Å². The second kappa shape index (κ2) is 7.00. The zero-order chi connectivity index (χ0) is 11.8. The van der Waals surface area contributed by atoms with Gasteiger partial charge in [0.2, 0.25) is 0 Å². The lowest BCUT2D eigenvalue weighted by atomic mass is 10.1. The molecular formula is C13H18N2O. The Bertz CT molecular complexity index is 332. The Kier molecular flexibility index (Phi) is 5.55. The van der Waals surface area contributed by atoms with Crippen molar-refractivity contribution in [2.45, 2.75) is 31.9 Å². The predicted octanol–water partition coefficient (Wildman–Crippen LogP) is 2.00. The summed E-state index contributed by atoms with van der Waals surface area (Å²) in [5.74, 6) is 0. The van der Waals surface area contributed by atoms with Gasteiger partial charge in [-0.05, 0) is 12.0 Å². The summed E-state index contributed by atoms with van der Waals surface area (Å²) in [7, 11) is 0. The number of hydrogen-bond acceptors (Lipinski definition) is 3. The minimum Gasteiger partial charge on any atom is -0.387 e. The molecule has 0 aliphatic rings. The Morgan fingerprint density at radius 1 is 1.38 bits per heavy atom. The first-order chi connectivity index (χ1) is 7.77. The molecule has 0 amide bonds. The summed E-state index contributed by atoms with van der Waals surface area (Å²) in [4.78, 5) is 0. The van der Waals surface area contributed by atoms with E-state index in [9.17, 15) is 5.11 Å². The monoisotopic (exact) mass is 218 g/mol. The largest absolute Gasteiger partial charge is 0.387 e. The summed E-state index contributed by atoms with van der Waals surface area (Å²) < 4.78 is 0. The van der Waals surface area contributed by atoms with E-state index in [1.807, 2.05) is 37.3 Å². The number of aliphatic hydroxyl groups excluding tert-OH is 1. The molecule has 1 aromatic carbocycles. The Labute approximate surface area is 96.7 Å². The van der Waals surface area contributed by atoms with Gasteiger partial charge >= 0.3 is 0 Å². The van der Waals surface area contributed by atoms with E-state index in [1.54, 1.807) is 0 Å². The van der Waals surface area contributed by atoms with Crippen LogP contribution in [0.3, 0.4) is 0 Å².